The smallest absolute Gasteiger partial charge is 0.220 e. The van der Waals surface area contributed by atoms with Crippen LogP contribution < -0.4 is 10.6 Å². The number of hydrogen-bond donors (Lipinski definition) is 2. The number of piperidine rings is 1. The van der Waals surface area contributed by atoms with Gasteiger partial charge in [0.2, 0.25) is 5.91 Å². The number of nitrogens with one attached hydrogen (secondary N) is 2. The summed E-state index contributed by atoms with van der Waals surface area (Å²) in [4.78, 5) is 12.2. The van der Waals surface area contributed by atoms with E-state index in [2.05, 4.69) is 15.8 Å². The first-order chi connectivity index (χ1) is 12.3. The molecule has 1 aliphatic heterocycles. The fourth-order valence-electron chi connectivity index (χ4n) is 3.65. The van der Waals surface area contributed by atoms with Gasteiger partial charge in [0.05, 0.1) is 5.69 Å². The molecule has 2 atom stereocenters. The molecular weight excluding hydrogens is 314 g/mol. The Hall–Kier alpha value is -2.14. The van der Waals surface area contributed by atoms with Crippen molar-refractivity contribution in [2.75, 3.05) is 13.1 Å². The Morgan fingerprint density at radius 1 is 1.20 bits per heavy atom. The molecule has 5 nitrogen and oxygen atoms in total. The predicted molar refractivity (Wildman–Crippen MR) is 95.9 cm³/mol. The van der Waals surface area contributed by atoms with Gasteiger partial charge < -0.3 is 15.2 Å². The predicted octanol–water partition coefficient (Wildman–Crippen LogP) is 2.78. The minimum Gasteiger partial charge on any atom is -0.356 e. The Morgan fingerprint density at radius 3 is 2.84 bits per heavy atom. The van der Waals surface area contributed by atoms with Crippen molar-refractivity contribution < 1.29 is 9.32 Å². The summed E-state index contributed by atoms with van der Waals surface area (Å²) in [6.45, 7) is 1.93. The van der Waals surface area contributed by atoms with Crippen LogP contribution in [0.25, 0.3) is 11.3 Å². The largest absolute Gasteiger partial charge is 0.356 e. The number of aromatic nitrogens is 1. The van der Waals surface area contributed by atoms with Crippen molar-refractivity contribution in [1.82, 2.24) is 15.8 Å². The lowest BCUT2D eigenvalue weighted by molar-refractivity contribution is -0.122. The van der Waals surface area contributed by atoms with Crippen LogP contribution in [0.15, 0.2) is 40.9 Å². The molecule has 1 aromatic heterocycles. The average Bonchev–Trinajstić information content (AvgIpc) is 3.32. The summed E-state index contributed by atoms with van der Waals surface area (Å²) >= 11 is 0. The molecule has 25 heavy (non-hydrogen) atoms. The number of amides is 1. The van der Waals surface area contributed by atoms with Crippen LogP contribution in [0.5, 0.6) is 0 Å². The third-order valence-electron chi connectivity index (χ3n) is 5.24. The van der Waals surface area contributed by atoms with Gasteiger partial charge in [-0.15, -0.1) is 0 Å². The number of hydrogen-bond acceptors (Lipinski definition) is 4. The normalized spacial score (nSPS) is 23.4. The SMILES string of the molecule is O=C(CC1CCNCC1Cc1cc(-c2ccccc2)on1)NC1CC1. The highest BCUT2D eigenvalue weighted by molar-refractivity contribution is 5.76. The van der Waals surface area contributed by atoms with Crippen LogP contribution in [0, 0.1) is 11.8 Å². The van der Waals surface area contributed by atoms with Crippen LogP contribution in [0.4, 0.5) is 0 Å². The highest BCUT2D eigenvalue weighted by atomic mass is 16.5. The van der Waals surface area contributed by atoms with E-state index in [9.17, 15) is 4.79 Å². The molecule has 2 fully saturated rings. The lowest BCUT2D eigenvalue weighted by Crippen LogP contribution is -2.40. The van der Waals surface area contributed by atoms with E-state index >= 15 is 0 Å². The molecule has 132 valence electrons. The first kappa shape index (κ1) is 16.3. The first-order valence-corrected chi connectivity index (χ1v) is 9.29. The van der Waals surface area contributed by atoms with Crippen molar-refractivity contribution in [2.45, 2.75) is 38.1 Å². The lowest BCUT2D eigenvalue weighted by Gasteiger charge is -2.31. The number of carbonyl (C=O) groups is 1. The highest BCUT2D eigenvalue weighted by Crippen LogP contribution is 2.28. The molecule has 2 N–H and O–H groups in total. The van der Waals surface area contributed by atoms with Crippen LogP contribution >= 0.6 is 0 Å². The van der Waals surface area contributed by atoms with Crippen molar-refractivity contribution in [3.05, 3.63) is 42.1 Å². The molecule has 4 rings (SSSR count). The summed E-state index contributed by atoms with van der Waals surface area (Å²) in [6.07, 6.45) is 4.81. The summed E-state index contributed by atoms with van der Waals surface area (Å²) in [6, 6.07) is 12.5. The third kappa shape index (κ3) is 4.28. The van der Waals surface area contributed by atoms with E-state index in [0.717, 1.165) is 55.8 Å². The molecule has 1 aliphatic carbocycles. The van der Waals surface area contributed by atoms with E-state index in [1.807, 2.05) is 36.4 Å². The van der Waals surface area contributed by atoms with E-state index < -0.39 is 0 Å². The van der Waals surface area contributed by atoms with Gasteiger partial charge in [0.1, 0.15) is 0 Å². The third-order valence-corrected chi connectivity index (χ3v) is 5.24. The Morgan fingerprint density at radius 2 is 2.04 bits per heavy atom. The monoisotopic (exact) mass is 339 g/mol. The highest BCUT2D eigenvalue weighted by Gasteiger charge is 2.30. The zero-order valence-electron chi connectivity index (χ0n) is 14.4. The van der Waals surface area contributed by atoms with E-state index in [1.165, 1.54) is 0 Å². The van der Waals surface area contributed by atoms with Crippen LogP contribution in [0.3, 0.4) is 0 Å². The number of benzene rings is 1. The van der Waals surface area contributed by atoms with E-state index in [1.54, 1.807) is 0 Å². The maximum Gasteiger partial charge on any atom is 0.220 e. The zero-order chi connectivity index (χ0) is 17.1. The molecule has 5 heteroatoms. The second kappa shape index (κ2) is 7.40. The van der Waals surface area contributed by atoms with Gasteiger partial charge in [-0.25, -0.2) is 0 Å². The van der Waals surface area contributed by atoms with Crippen molar-refractivity contribution in [3.8, 4) is 11.3 Å². The maximum atomic E-state index is 12.2. The molecule has 1 amide bonds. The van der Waals surface area contributed by atoms with Crippen LogP contribution in [-0.4, -0.2) is 30.2 Å². The fourth-order valence-corrected chi connectivity index (χ4v) is 3.65. The van der Waals surface area contributed by atoms with Crippen molar-refractivity contribution in [1.29, 1.82) is 0 Å². The molecule has 0 spiro atoms. The molecule has 2 unspecified atom stereocenters. The molecule has 0 radical (unpaired) electrons. The fraction of sp³-hybridized carbons (Fsp3) is 0.500. The molecular formula is C20H25N3O2. The number of carbonyl (C=O) groups excluding carboxylic acids is 1. The van der Waals surface area contributed by atoms with Crippen LogP contribution in [0.2, 0.25) is 0 Å². The Kier molecular flexibility index (Phi) is 4.83. The Balaban J connectivity index is 1.39. The summed E-state index contributed by atoms with van der Waals surface area (Å²) in [5, 5.41) is 10.8. The van der Waals surface area contributed by atoms with Gasteiger partial charge in [0, 0.05) is 24.1 Å². The zero-order valence-corrected chi connectivity index (χ0v) is 14.4. The van der Waals surface area contributed by atoms with Crippen molar-refractivity contribution >= 4 is 5.91 Å². The summed E-state index contributed by atoms with van der Waals surface area (Å²) in [7, 11) is 0. The second-order valence-electron chi connectivity index (χ2n) is 7.31. The minimum atomic E-state index is 0.213. The average molecular weight is 339 g/mol. The lowest BCUT2D eigenvalue weighted by atomic mass is 9.81. The van der Waals surface area contributed by atoms with Gasteiger partial charge in [-0.1, -0.05) is 35.5 Å². The van der Waals surface area contributed by atoms with Crippen LogP contribution in [0.1, 0.15) is 31.4 Å². The molecule has 2 aliphatic rings. The minimum absolute atomic E-state index is 0.213. The van der Waals surface area contributed by atoms with Gasteiger partial charge in [-0.05, 0) is 50.6 Å². The van der Waals surface area contributed by atoms with Gasteiger partial charge in [0.15, 0.2) is 5.76 Å². The number of rotatable bonds is 6. The summed E-state index contributed by atoms with van der Waals surface area (Å²) in [5.41, 5.74) is 2.02. The van der Waals surface area contributed by atoms with Gasteiger partial charge in [0.25, 0.3) is 0 Å². The van der Waals surface area contributed by atoms with E-state index in [-0.39, 0.29) is 5.91 Å². The van der Waals surface area contributed by atoms with E-state index in [4.69, 9.17) is 4.52 Å². The molecule has 1 saturated heterocycles. The quantitative estimate of drug-likeness (QED) is 0.849. The van der Waals surface area contributed by atoms with Gasteiger partial charge in [-0.3, -0.25) is 4.79 Å². The molecule has 0 bridgehead atoms. The van der Waals surface area contributed by atoms with Crippen molar-refractivity contribution in [2.24, 2.45) is 11.8 Å². The molecule has 2 heterocycles. The molecule has 1 aromatic carbocycles. The first-order valence-electron chi connectivity index (χ1n) is 9.29. The van der Waals surface area contributed by atoms with Crippen molar-refractivity contribution in [3.63, 3.8) is 0 Å². The van der Waals surface area contributed by atoms with Gasteiger partial charge in [-0.2, -0.15) is 0 Å². The summed E-state index contributed by atoms with van der Waals surface area (Å²) in [5.74, 6) is 1.86. The standard InChI is InChI=1S/C20H25N3O2/c24-20(22-17-6-7-17)11-15-8-9-21-13-16(15)10-18-12-19(25-23-18)14-4-2-1-3-5-14/h1-5,12,15-17,21H,6-11,13H2,(H,22,24). The Bertz CT molecular complexity index is 709. The maximum absolute atomic E-state index is 12.2. The molecule has 1 saturated carbocycles. The van der Waals surface area contributed by atoms with E-state index in [0.29, 0.717) is 24.3 Å². The number of nitrogens with zero attached hydrogens (tertiary/aromatic N) is 1. The summed E-state index contributed by atoms with van der Waals surface area (Å²) < 4.78 is 5.52. The Labute approximate surface area is 148 Å². The van der Waals surface area contributed by atoms with Gasteiger partial charge >= 0.3 is 0 Å². The topological polar surface area (TPSA) is 67.2 Å². The molecule has 2 aromatic rings. The van der Waals surface area contributed by atoms with Crippen LogP contribution in [-0.2, 0) is 11.2 Å². The second-order valence-corrected chi connectivity index (χ2v) is 7.31.